The van der Waals surface area contributed by atoms with Crippen LogP contribution in [0.2, 0.25) is 0 Å². The standard InChI is InChI=1S/C21H22N2O8/c1-13(14-4-5-18-19(6-14)30-12-29-18)23-31-11-21(25)28-10-20(24)22-15-7-16(26-2)9-17(8-15)27-3/h4-9H,10-12H2,1-3H3,(H,22,24)/b23-13+. The van der Waals surface area contributed by atoms with E-state index in [1.54, 1.807) is 43.3 Å². The van der Waals surface area contributed by atoms with Crippen LogP contribution in [0.25, 0.3) is 0 Å². The lowest BCUT2D eigenvalue weighted by Crippen LogP contribution is -2.22. The Morgan fingerprint density at radius 3 is 2.42 bits per heavy atom. The first kappa shape index (κ1) is 21.8. The number of ether oxygens (including phenoxy) is 5. The third-order valence-electron chi connectivity index (χ3n) is 4.17. The molecule has 0 aromatic heterocycles. The molecule has 31 heavy (non-hydrogen) atoms. The Labute approximate surface area is 178 Å². The molecule has 10 heteroatoms. The van der Waals surface area contributed by atoms with Gasteiger partial charge in [-0.1, -0.05) is 5.16 Å². The Kier molecular flexibility index (Phi) is 7.15. The van der Waals surface area contributed by atoms with Crippen LogP contribution in [0, 0.1) is 0 Å². The van der Waals surface area contributed by atoms with Gasteiger partial charge in [0.2, 0.25) is 13.4 Å². The predicted molar refractivity (Wildman–Crippen MR) is 110 cm³/mol. The molecule has 0 unspecified atom stereocenters. The number of carbonyl (C=O) groups excluding carboxylic acids is 2. The number of amides is 1. The second-order valence-electron chi connectivity index (χ2n) is 6.33. The number of methoxy groups -OCH3 is 2. The first-order valence-electron chi connectivity index (χ1n) is 9.23. The van der Waals surface area contributed by atoms with Gasteiger partial charge in [0, 0.05) is 29.4 Å². The molecule has 1 aliphatic heterocycles. The van der Waals surface area contributed by atoms with Gasteiger partial charge in [-0.05, 0) is 25.1 Å². The molecule has 1 N–H and O–H groups in total. The number of hydrogen-bond donors (Lipinski definition) is 1. The van der Waals surface area contributed by atoms with Crippen molar-refractivity contribution >= 4 is 23.3 Å². The van der Waals surface area contributed by atoms with E-state index >= 15 is 0 Å². The van der Waals surface area contributed by atoms with Gasteiger partial charge in [0.1, 0.15) is 11.5 Å². The largest absolute Gasteiger partial charge is 0.497 e. The van der Waals surface area contributed by atoms with Crippen molar-refractivity contribution in [2.75, 3.05) is 39.5 Å². The van der Waals surface area contributed by atoms with Gasteiger partial charge in [0.15, 0.2) is 18.1 Å². The number of benzene rings is 2. The number of anilines is 1. The molecular weight excluding hydrogens is 408 g/mol. The lowest BCUT2D eigenvalue weighted by atomic mass is 10.1. The molecule has 0 aliphatic carbocycles. The van der Waals surface area contributed by atoms with Crippen LogP contribution in [0.15, 0.2) is 41.6 Å². The van der Waals surface area contributed by atoms with Gasteiger partial charge < -0.3 is 33.8 Å². The van der Waals surface area contributed by atoms with Crippen LogP contribution in [0.3, 0.4) is 0 Å². The zero-order valence-electron chi connectivity index (χ0n) is 17.3. The summed E-state index contributed by atoms with van der Waals surface area (Å²) in [7, 11) is 3.00. The second-order valence-corrected chi connectivity index (χ2v) is 6.33. The molecule has 1 heterocycles. The summed E-state index contributed by atoms with van der Waals surface area (Å²) in [5.41, 5.74) is 1.74. The van der Waals surface area contributed by atoms with Crippen LogP contribution in [0.5, 0.6) is 23.0 Å². The van der Waals surface area contributed by atoms with Crippen molar-refractivity contribution in [2.45, 2.75) is 6.92 Å². The Morgan fingerprint density at radius 2 is 1.71 bits per heavy atom. The van der Waals surface area contributed by atoms with E-state index in [1.165, 1.54) is 14.2 Å². The van der Waals surface area contributed by atoms with Gasteiger partial charge in [-0.15, -0.1) is 0 Å². The molecule has 1 aliphatic rings. The Balaban J connectivity index is 1.43. The first-order valence-corrected chi connectivity index (χ1v) is 9.23. The van der Waals surface area contributed by atoms with Crippen LogP contribution in [-0.4, -0.2) is 51.8 Å². The van der Waals surface area contributed by atoms with Crippen molar-refractivity contribution in [3.8, 4) is 23.0 Å². The minimum absolute atomic E-state index is 0.177. The highest BCUT2D eigenvalue weighted by atomic mass is 16.7. The van der Waals surface area contributed by atoms with E-state index in [2.05, 4.69) is 10.5 Å². The molecule has 0 atom stereocenters. The van der Waals surface area contributed by atoms with E-state index in [4.69, 9.17) is 28.5 Å². The van der Waals surface area contributed by atoms with Crippen LogP contribution in [0.1, 0.15) is 12.5 Å². The zero-order valence-corrected chi connectivity index (χ0v) is 17.3. The van der Waals surface area contributed by atoms with E-state index in [9.17, 15) is 9.59 Å². The van der Waals surface area contributed by atoms with Gasteiger partial charge in [-0.3, -0.25) is 4.79 Å². The van der Waals surface area contributed by atoms with Crippen molar-refractivity contribution in [1.29, 1.82) is 0 Å². The maximum Gasteiger partial charge on any atom is 0.347 e. The zero-order chi connectivity index (χ0) is 22.2. The summed E-state index contributed by atoms with van der Waals surface area (Å²) in [4.78, 5) is 28.8. The molecule has 0 radical (unpaired) electrons. The SMILES string of the molecule is COc1cc(NC(=O)COC(=O)CO/N=C(\C)c2ccc3c(c2)OCO3)cc(OC)c1. The molecule has 1 amide bonds. The predicted octanol–water partition coefficient (Wildman–Crippen LogP) is 2.36. The molecule has 0 fully saturated rings. The third-order valence-corrected chi connectivity index (χ3v) is 4.17. The number of hydrogen-bond acceptors (Lipinski definition) is 9. The summed E-state index contributed by atoms with van der Waals surface area (Å²) in [6.45, 7) is 0.976. The number of rotatable bonds is 9. The summed E-state index contributed by atoms with van der Waals surface area (Å²) in [6.07, 6.45) is 0. The van der Waals surface area contributed by atoms with Crippen molar-refractivity contribution in [3.05, 3.63) is 42.0 Å². The fraction of sp³-hybridized carbons (Fsp3) is 0.286. The molecule has 0 spiro atoms. The van der Waals surface area contributed by atoms with E-state index < -0.39 is 25.1 Å². The van der Waals surface area contributed by atoms with Crippen LogP contribution in [0.4, 0.5) is 5.69 Å². The van der Waals surface area contributed by atoms with Crippen LogP contribution in [-0.2, 0) is 19.2 Å². The summed E-state index contributed by atoms with van der Waals surface area (Å²) < 4.78 is 25.7. The highest BCUT2D eigenvalue weighted by Crippen LogP contribution is 2.32. The number of carbonyl (C=O) groups is 2. The van der Waals surface area contributed by atoms with Gasteiger partial charge in [-0.2, -0.15) is 0 Å². The topological polar surface area (TPSA) is 114 Å². The van der Waals surface area contributed by atoms with Crippen molar-refractivity contribution in [2.24, 2.45) is 5.16 Å². The highest BCUT2D eigenvalue weighted by Gasteiger charge is 2.14. The van der Waals surface area contributed by atoms with Crippen molar-refractivity contribution < 1.29 is 38.1 Å². The lowest BCUT2D eigenvalue weighted by Gasteiger charge is -2.10. The number of fused-ring (bicyclic) bond motifs is 1. The average Bonchev–Trinajstić information content (AvgIpc) is 3.25. The minimum atomic E-state index is -0.736. The Morgan fingerprint density at radius 1 is 1.00 bits per heavy atom. The second kappa shape index (κ2) is 10.2. The lowest BCUT2D eigenvalue weighted by molar-refractivity contribution is -0.151. The van der Waals surface area contributed by atoms with E-state index in [-0.39, 0.29) is 6.79 Å². The summed E-state index contributed by atoms with van der Waals surface area (Å²) in [5.74, 6) is 1.04. The maximum absolute atomic E-state index is 12.0. The van der Waals surface area contributed by atoms with Crippen molar-refractivity contribution in [1.82, 2.24) is 0 Å². The molecule has 164 valence electrons. The fourth-order valence-corrected chi connectivity index (χ4v) is 2.62. The number of oxime groups is 1. The molecule has 2 aromatic rings. The van der Waals surface area contributed by atoms with E-state index in [0.29, 0.717) is 34.4 Å². The smallest absolute Gasteiger partial charge is 0.347 e. The van der Waals surface area contributed by atoms with E-state index in [1.807, 2.05) is 0 Å². The summed E-state index contributed by atoms with van der Waals surface area (Å²) in [5, 5.41) is 6.48. The first-order chi connectivity index (χ1) is 15.0. The Bertz CT molecular complexity index is 967. The normalized spacial score (nSPS) is 12.2. The van der Waals surface area contributed by atoms with Crippen molar-refractivity contribution in [3.63, 3.8) is 0 Å². The van der Waals surface area contributed by atoms with Gasteiger partial charge in [-0.25, -0.2) is 4.79 Å². The van der Waals surface area contributed by atoms with Gasteiger partial charge >= 0.3 is 5.97 Å². The molecule has 0 saturated carbocycles. The molecule has 0 saturated heterocycles. The highest BCUT2D eigenvalue weighted by molar-refractivity contribution is 5.99. The van der Waals surface area contributed by atoms with Gasteiger partial charge in [0.05, 0.1) is 19.9 Å². The maximum atomic E-state index is 12.0. The fourth-order valence-electron chi connectivity index (χ4n) is 2.62. The summed E-state index contributed by atoms with van der Waals surface area (Å²) in [6, 6.07) is 10.2. The average molecular weight is 430 g/mol. The molecule has 2 aromatic carbocycles. The van der Waals surface area contributed by atoms with Crippen LogP contribution < -0.4 is 24.3 Å². The number of nitrogens with one attached hydrogen (secondary N) is 1. The number of esters is 1. The summed E-state index contributed by atoms with van der Waals surface area (Å²) >= 11 is 0. The molecular formula is C21H22N2O8. The van der Waals surface area contributed by atoms with E-state index in [0.717, 1.165) is 5.56 Å². The Hall–Kier alpha value is -3.95. The monoisotopic (exact) mass is 430 g/mol. The molecule has 3 rings (SSSR count). The number of nitrogens with zero attached hydrogens (tertiary/aromatic N) is 1. The molecule has 0 bridgehead atoms. The third kappa shape index (κ3) is 6.01. The quantitative estimate of drug-likeness (QED) is 0.366. The van der Waals surface area contributed by atoms with Crippen LogP contribution >= 0.6 is 0 Å². The minimum Gasteiger partial charge on any atom is -0.497 e. The van der Waals surface area contributed by atoms with Gasteiger partial charge in [0.25, 0.3) is 5.91 Å². The molecule has 10 nitrogen and oxygen atoms in total.